The number of carbonyl (C=O) groups excluding carboxylic acids is 3. The average Bonchev–Trinajstić information content (AvgIpc) is 3.68. The van der Waals surface area contributed by atoms with Crippen LogP contribution in [0.5, 0.6) is 5.75 Å². The van der Waals surface area contributed by atoms with Crippen molar-refractivity contribution < 1.29 is 33.0 Å². The number of ether oxygens (including phenoxy) is 3. The summed E-state index contributed by atoms with van der Waals surface area (Å²) in [6, 6.07) is 16.2. The molecule has 3 aromatic carbocycles. The summed E-state index contributed by atoms with van der Waals surface area (Å²) >= 11 is 30.9. The van der Waals surface area contributed by atoms with Gasteiger partial charge in [0.1, 0.15) is 29.7 Å². The number of anilines is 4. The van der Waals surface area contributed by atoms with E-state index in [2.05, 4.69) is 48.3 Å². The van der Waals surface area contributed by atoms with Crippen LogP contribution in [-0.2, 0) is 43.4 Å². The lowest BCUT2D eigenvalue weighted by Crippen LogP contribution is -2.47. The molecule has 0 spiro atoms. The van der Waals surface area contributed by atoms with Crippen molar-refractivity contribution in [2.45, 2.75) is 109 Å². The number of hydrogen-bond donors (Lipinski definition) is 2. The van der Waals surface area contributed by atoms with Crippen molar-refractivity contribution in [1.82, 2.24) is 24.3 Å². The van der Waals surface area contributed by atoms with E-state index in [1.54, 1.807) is 26.3 Å². The van der Waals surface area contributed by atoms with Crippen molar-refractivity contribution in [2.75, 3.05) is 66.0 Å². The molecule has 4 heterocycles. The number of rotatable bonds is 15. The van der Waals surface area contributed by atoms with E-state index >= 15 is 0 Å². The second-order valence-corrected chi connectivity index (χ2v) is 20.7. The predicted octanol–water partition coefficient (Wildman–Crippen LogP) is 10.3. The summed E-state index contributed by atoms with van der Waals surface area (Å²) in [7, 11) is 2.93. The first kappa shape index (κ1) is 61.9. The van der Waals surface area contributed by atoms with Crippen molar-refractivity contribution in [3.8, 4) is 5.75 Å². The van der Waals surface area contributed by atoms with Crippen LogP contribution in [0.1, 0.15) is 65.5 Å². The molecule has 0 saturated carbocycles. The van der Waals surface area contributed by atoms with Gasteiger partial charge in [-0.15, -0.1) is 23.4 Å². The van der Waals surface area contributed by atoms with Crippen LogP contribution in [-0.4, -0.2) is 111 Å². The van der Waals surface area contributed by atoms with Crippen molar-refractivity contribution >= 4 is 128 Å². The molecule has 404 valence electrons. The Kier molecular flexibility index (Phi) is 25.7. The van der Waals surface area contributed by atoms with Crippen molar-refractivity contribution in [1.29, 1.82) is 0 Å². The molecular weight excluding hydrogens is 1100 g/mol. The maximum atomic E-state index is 14.3. The maximum Gasteiger partial charge on any atom is 0.325 e. The lowest BCUT2D eigenvalue weighted by Gasteiger charge is -2.35. The Hall–Kier alpha value is -4.67. The molecule has 0 saturated heterocycles. The molecule has 2 aromatic heterocycles. The van der Waals surface area contributed by atoms with E-state index in [9.17, 15) is 23.6 Å². The first-order valence-corrected chi connectivity index (χ1v) is 27.5. The zero-order valence-corrected chi connectivity index (χ0v) is 48.0. The van der Waals surface area contributed by atoms with Crippen LogP contribution >= 0.6 is 81.1 Å². The molecule has 0 aliphatic carbocycles. The van der Waals surface area contributed by atoms with Gasteiger partial charge in [-0.1, -0.05) is 72.1 Å². The maximum absolute atomic E-state index is 14.3. The Balaban J connectivity index is 0.000000219. The number of amides is 2. The number of methoxy groups -OCH3 is 2. The Labute approximate surface area is 464 Å². The normalized spacial score (nSPS) is 14.1. The first-order valence-electron chi connectivity index (χ1n) is 23.5. The topological polar surface area (TPSA) is 187 Å². The molecule has 25 heteroatoms. The number of hydrogen-bond acceptors (Lipinski definition) is 15. The number of aromatic nitrogens is 5. The van der Waals surface area contributed by atoms with E-state index in [1.165, 1.54) is 13.2 Å². The van der Waals surface area contributed by atoms with Gasteiger partial charge in [0.25, 0.3) is 5.91 Å². The van der Waals surface area contributed by atoms with E-state index in [1.807, 2.05) is 77.9 Å². The fourth-order valence-electron chi connectivity index (χ4n) is 7.40. The monoisotopic (exact) mass is 1160 g/mol. The molecule has 2 atom stereocenters. The van der Waals surface area contributed by atoms with Crippen LogP contribution in [0.3, 0.4) is 0 Å². The lowest BCUT2D eigenvalue weighted by atomic mass is 10.0. The molecule has 2 aliphatic rings. The van der Waals surface area contributed by atoms with Gasteiger partial charge in [0.15, 0.2) is 4.84 Å². The third-order valence-electron chi connectivity index (χ3n) is 10.7. The number of nitrogens with one attached hydrogen (secondary N) is 2. The van der Waals surface area contributed by atoms with E-state index in [-0.39, 0.29) is 62.4 Å². The molecule has 0 bridgehead atoms. The van der Waals surface area contributed by atoms with Crippen molar-refractivity contribution in [3.63, 3.8) is 0 Å². The largest absolute Gasteiger partial charge is 0.489 e. The summed E-state index contributed by atoms with van der Waals surface area (Å²) in [6.45, 7) is 17.0. The predicted molar refractivity (Wildman–Crippen MR) is 297 cm³/mol. The summed E-state index contributed by atoms with van der Waals surface area (Å²) in [5, 5.41) is 6.43. The van der Waals surface area contributed by atoms with Crippen molar-refractivity contribution in [2.24, 2.45) is 4.99 Å². The van der Waals surface area contributed by atoms with Gasteiger partial charge in [-0.25, -0.2) is 14.1 Å². The molecule has 2 N–H and O–H groups in total. The van der Waals surface area contributed by atoms with Crippen LogP contribution < -0.4 is 34.8 Å². The van der Waals surface area contributed by atoms with Crippen LogP contribution in [0.4, 0.5) is 33.3 Å². The Morgan fingerprint density at radius 3 is 2.32 bits per heavy atom. The quantitative estimate of drug-likeness (QED) is 0.0573. The highest BCUT2D eigenvalue weighted by molar-refractivity contribution is 8.00. The molecule has 2 amide bonds. The third kappa shape index (κ3) is 17.7. The zero-order chi connectivity index (χ0) is 54.6. The number of nitrogens with zero attached hydrogens (tertiary/aromatic N) is 8. The summed E-state index contributed by atoms with van der Waals surface area (Å²) < 4.78 is 32.9. The lowest BCUT2D eigenvalue weighted by molar-refractivity contribution is -0.137. The number of benzene rings is 3. The van der Waals surface area contributed by atoms with Gasteiger partial charge in [-0.3, -0.25) is 23.9 Å². The van der Waals surface area contributed by atoms with Gasteiger partial charge >= 0.3 is 10.8 Å². The van der Waals surface area contributed by atoms with Crippen LogP contribution in [0.2, 0.25) is 10.3 Å². The fourth-order valence-corrected chi connectivity index (χ4v) is 9.89. The summed E-state index contributed by atoms with van der Waals surface area (Å²) in [6.07, 6.45) is 2.77. The molecule has 74 heavy (non-hydrogen) atoms. The Morgan fingerprint density at radius 1 is 1.00 bits per heavy atom. The molecule has 7 rings (SSSR count). The molecule has 0 fully saturated rings. The van der Waals surface area contributed by atoms with Gasteiger partial charge in [-0.05, 0) is 119 Å². The number of thioether (sulfide) groups is 1. The third-order valence-corrected chi connectivity index (χ3v) is 13.8. The van der Waals surface area contributed by atoms with E-state index < -0.39 is 16.6 Å². The van der Waals surface area contributed by atoms with E-state index in [0.717, 1.165) is 77.5 Å². The summed E-state index contributed by atoms with van der Waals surface area (Å²) in [5.41, 5.74) is 4.01. The number of carbonyl (C=O) groups is 3. The SMILES string of the molecule is CC1COc2ccccc2N1C(=O)C(Cl)Cl.CCNc1nc(Cl)nc(NC(C)C)n1.CCc1cccc(C)c1N(C(=O)CCl)C(C)COC.COC(=O)CSc1cc(N=c2sc(=O)n3n2CCCC3)c(F)cc1Cl. The van der Waals surface area contributed by atoms with Crippen LogP contribution in [0, 0.1) is 12.7 Å². The number of alkyl halides is 3. The van der Waals surface area contributed by atoms with Crippen LogP contribution in [0.25, 0.3) is 0 Å². The molecule has 0 radical (unpaired) electrons. The molecule has 17 nitrogen and oxygen atoms in total. The van der Waals surface area contributed by atoms with Crippen molar-refractivity contribution in [3.05, 3.63) is 96.3 Å². The highest BCUT2D eigenvalue weighted by Crippen LogP contribution is 2.35. The van der Waals surface area contributed by atoms with E-state index in [0.29, 0.717) is 53.6 Å². The van der Waals surface area contributed by atoms with Gasteiger partial charge in [0, 0.05) is 37.7 Å². The highest BCUT2D eigenvalue weighted by atomic mass is 35.5. The highest BCUT2D eigenvalue weighted by Gasteiger charge is 2.32. The number of esters is 1. The Bertz CT molecular complexity index is 2800. The number of halogens is 6. The van der Waals surface area contributed by atoms with Crippen LogP contribution in [0.15, 0.2) is 69.3 Å². The molecule has 2 aliphatic heterocycles. The second kappa shape index (κ2) is 30.8. The van der Waals surface area contributed by atoms with Gasteiger partial charge in [0.05, 0.1) is 48.0 Å². The minimum Gasteiger partial charge on any atom is -0.489 e. The Morgan fingerprint density at radius 2 is 1.69 bits per heavy atom. The standard InChI is InChI=1S/C15H15ClFN3O3S2.C15H22ClNO2.C11H11Cl2NO2.C8H14ClN5/c1-23-13(21)8-24-12-7-11(10(17)6-9(12)16)18-14-19-4-2-3-5-20(19)15(22)25-14;1-5-13-8-6-7-11(2)15(13)17(14(18)9-16)12(3)10-19-4;1-7-6-16-9-5-3-2-4-8(9)14(7)11(15)10(12)13;1-4-10-7-12-6(9)13-8(14-7)11-5(2)3/h6-7H,2-5,8H2,1H3;6-8,12H,5,9-10H2,1-4H3;2-5,7,10H,6H2,1H3;5H,4H2,1-3H3,(H2,10,11,12,13,14). The number of aryl methyl sites for hydroxylation is 2. The first-order chi connectivity index (χ1) is 35.3. The van der Waals surface area contributed by atoms with Gasteiger partial charge in [0.2, 0.25) is 27.9 Å². The van der Waals surface area contributed by atoms with Gasteiger partial charge in [-0.2, -0.15) is 15.0 Å². The van der Waals surface area contributed by atoms with E-state index in [4.69, 9.17) is 67.5 Å². The fraction of sp³-hybridized carbons (Fsp3) is 0.469. The molecular formula is C49H62Cl5FN10O7S2. The summed E-state index contributed by atoms with van der Waals surface area (Å²) in [4.78, 5) is 66.9. The summed E-state index contributed by atoms with van der Waals surface area (Å²) in [5.74, 6) is 0.329. The average molecular weight is 1160 g/mol. The second-order valence-electron chi connectivity index (χ2n) is 16.7. The molecule has 5 aromatic rings. The van der Waals surface area contributed by atoms with Gasteiger partial charge < -0.3 is 34.6 Å². The number of para-hydroxylation sites is 3. The zero-order valence-electron chi connectivity index (χ0n) is 42.6. The minimum absolute atomic E-state index is 0.0223. The number of fused-ring (bicyclic) bond motifs is 2. The minimum atomic E-state index is -1.05. The smallest absolute Gasteiger partial charge is 0.325 e. The molecule has 2 unspecified atom stereocenters.